The van der Waals surface area contributed by atoms with Gasteiger partial charge in [-0.05, 0) is 35.9 Å². The largest absolute Gasteiger partial charge is 0.399 e. The first-order chi connectivity index (χ1) is 7.24. The van der Waals surface area contributed by atoms with E-state index in [-0.39, 0.29) is 0 Å². The number of thioether (sulfide) groups is 1. The third-order valence-corrected chi connectivity index (χ3v) is 3.94. The Morgan fingerprint density at radius 3 is 3.07 bits per heavy atom. The minimum absolute atomic E-state index is 0.896. The molecule has 3 heteroatoms. The van der Waals surface area contributed by atoms with E-state index >= 15 is 0 Å². The summed E-state index contributed by atoms with van der Waals surface area (Å²) >= 11 is 1.90. The highest BCUT2D eigenvalue weighted by atomic mass is 32.2. The van der Waals surface area contributed by atoms with Crippen LogP contribution in [0.5, 0.6) is 0 Å². The van der Waals surface area contributed by atoms with Crippen LogP contribution in [-0.4, -0.2) is 24.2 Å². The molecule has 2 nitrogen and oxygen atoms in total. The van der Waals surface area contributed by atoms with Crippen LogP contribution >= 0.6 is 11.8 Å². The summed E-state index contributed by atoms with van der Waals surface area (Å²) in [6.45, 7) is 2.09. The molecule has 0 aromatic heterocycles. The summed E-state index contributed by atoms with van der Waals surface area (Å²) in [6.07, 6.45) is 2.35. The van der Waals surface area contributed by atoms with Crippen molar-refractivity contribution in [3.05, 3.63) is 29.3 Å². The Labute approximate surface area is 94.1 Å². The van der Waals surface area contributed by atoms with Gasteiger partial charge in [-0.15, -0.1) is 11.8 Å². The normalized spacial score (nSPS) is 19.7. The number of rotatable bonds is 0. The summed E-state index contributed by atoms with van der Waals surface area (Å²) in [4.78, 5) is 3.71. The molecular formula is C12H14N2S. The van der Waals surface area contributed by atoms with Gasteiger partial charge in [-0.3, -0.25) is 4.90 Å². The number of nitrogens with zero attached hydrogens (tertiary/aromatic N) is 1. The van der Waals surface area contributed by atoms with Crippen molar-refractivity contribution in [2.45, 2.75) is 11.4 Å². The van der Waals surface area contributed by atoms with Crippen LogP contribution in [0.2, 0.25) is 0 Å². The minimum atomic E-state index is 0.896. The van der Waals surface area contributed by atoms with Gasteiger partial charge in [0.2, 0.25) is 0 Å². The van der Waals surface area contributed by atoms with Crippen molar-refractivity contribution in [1.29, 1.82) is 0 Å². The highest BCUT2D eigenvalue weighted by molar-refractivity contribution is 7.99. The summed E-state index contributed by atoms with van der Waals surface area (Å²) in [5.74, 6) is 1.08. The van der Waals surface area contributed by atoms with Crippen LogP contribution in [-0.2, 0) is 6.54 Å². The molecule has 0 spiro atoms. The first-order valence-corrected chi connectivity index (χ1v) is 6.16. The predicted molar refractivity (Wildman–Crippen MR) is 65.9 cm³/mol. The Morgan fingerprint density at radius 2 is 2.20 bits per heavy atom. The summed E-state index contributed by atoms with van der Waals surface area (Å²) < 4.78 is 0. The van der Waals surface area contributed by atoms with Gasteiger partial charge in [-0.1, -0.05) is 6.08 Å². The number of nitrogens with two attached hydrogens (primary N) is 1. The second kappa shape index (κ2) is 3.29. The Kier molecular flexibility index (Phi) is 2.04. The fraction of sp³-hybridized carbons (Fsp3) is 0.333. The van der Waals surface area contributed by atoms with Crippen LogP contribution in [0.4, 0.5) is 5.69 Å². The summed E-state index contributed by atoms with van der Waals surface area (Å²) in [6, 6.07) is 4.23. The highest BCUT2D eigenvalue weighted by Gasteiger charge is 2.23. The molecule has 3 rings (SSSR count). The molecule has 0 amide bonds. The molecule has 0 saturated heterocycles. The lowest BCUT2D eigenvalue weighted by Crippen LogP contribution is -2.27. The van der Waals surface area contributed by atoms with Crippen molar-refractivity contribution in [3.8, 4) is 0 Å². The summed E-state index contributed by atoms with van der Waals surface area (Å²) in [5, 5.41) is 0. The number of nitrogen functional groups attached to an aromatic ring is 1. The van der Waals surface area contributed by atoms with E-state index in [4.69, 9.17) is 5.73 Å². The molecule has 2 N–H and O–H groups in total. The highest BCUT2D eigenvalue weighted by Crippen LogP contribution is 2.40. The molecule has 78 valence electrons. The lowest BCUT2D eigenvalue weighted by atomic mass is 9.94. The molecular weight excluding hydrogens is 204 g/mol. The van der Waals surface area contributed by atoms with Gasteiger partial charge in [-0.25, -0.2) is 0 Å². The van der Waals surface area contributed by atoms with Crippen LogP contribution in [0, 0.1) is 0 Å². The van der Waals surface area contributed by atoms with Crippen LogP contribution in [0.15, 0.2) is 23.1 Å². The molecule has 0 aliphatic carbocycles. The van der Waals surface area contributed by atoms with Gasteiger partial charge in [0.15, 0.2) is 0 Å². The smallest absolute Gasteiger partial charge is 0.0328 e. The SMILES string of the molecule is CN1CC2=CCSc3cc(N)cc(c32)C1. The lowest BCUT2D eigenvalue weighted by molar-refractivity contribution is 0.358. The van der Waals surface area contributed by atoms with E-state index in [1.165, 1.54) is 21.6 Å². The zero-order chi connectivity index (χ0) is 10.4. The maximum absolute atomic E-state index is 5.92. The van der Waals surface area contributed by atoms with Crippen molar-refractivity contribution in [2.75, 3.05) is 25.1 Å². The van der Waals surface area contributed by atoms with Gasteiger partial charge in [0.1, 0.15) is 0 Å². The summed E-state index contributed by atoms with van der Waals surface area (Å²) in [5.41, 5.74) is 11.1. The molecule has 2 aliphatic rings. The van der Waals surface area contributed by atoms with E-state index in [9.17, 15) is 0 Å². The third kappa shape index (κ3) is 1.46. The maximum atomic E-state index is 5.92. The number of hydrogen-bond acceptors (Lipinski definition) is 3. The number of benzene rings is 1. The topological polar surface area (TPSA) is 29.3 Å². The molecule has 2 aliphatic heterocycles. The Bertz CT molecular complexity index is 451. The standard InChI is InChI=1S/C12H14N2S/c1-14-6-8-2-3-15-11-5-10(13)4-9(7-14)12(8)11/h2,4-5H,3,6-7,13H2,1H3. The van der Waals surface area contributed by atoms with Gasteiger partial charge < -0.3 is 5.73 Å². The van der Waals surface area contributed by atoms with Crippen molar-refractivity contribution >= 4 is 23.0 Å². The second-order valence-electron chi connectivity index (χ2n) is 4.27. The van der Waals surface area contributed by atoms with Gasteiger partial charge in [-0.2, -0.15) is 0 Å². The second-order valence-corrected chi connectivity index (χ2v) is 5.33. The average Bonchev–Trinajstić information content (AvgIpc) is 2.16. The Hall–Kier alpha value is -0.930. The molecule has 1 aromatic carbocycles. The van der Waals surface area contributed by atoms with Crippen molar-refractivity contribution < 1.29 is 0 Å². The zero-order valence-electron chi connectivity index (χ0n) is 8.79. The zero-order valence-corrected chi connectivity index (χ0v) is 9.60. The monoisotopic (exact) mass is 218 g/mol. The van der Waals surface area contributed by atoms with E-state index in [2.05, 4.69) is 30.2 Å². The van der Waals surface area contributed by atoms with E-state index < -0.39 is 0 Å². The van der Waals surface area contributed by atoms with Crippen molar-refractivity contribution in [2.24, 2.45) is 0 Å². The first-order valence-electron chi connectivity index (χ1n) is 5.17. The molecule has 0 bridgehead atoms. The molecule has 1 aromatic rings. The molecule has 15 heavy (non-hydrogen) atoms. The number of hydrogen-bond donors (Lipinski definition) is 1. The number of likely N-dealkylation sites (N-methyl/N-ethyl adjacent to an activating group) is 1. The van der Waals surface area contributed by atoms with Crippen LogP contribution in [0.25, 0.3) is 5.57 Å². The summed E-state index contributed by atoms with van der Waals surface area (Å²) in [7, 11) is 2.16. The van der Waals surface area contributed by atoms with Crippen molar-refractivity contribution in [1.82, 2.24) is 4.90 Å². The van der Waals surface area contributed by atoms with Crippen LogP contribution in [0.1, 0.15) is 11.1 Å². The van der Waals surface area contributed by atoms with Crippen molar-refractivity contribution in [3.63, 3.8) is 0 Å². The van der Waals surface area contributed by atoms with Gasteiger partial charge in [0, 0.05) is 29.4 Å². The quantitative estimate of drug-likeness (QED) is 0.677. The molecule has 0 atom stereocenters. The lowest BCUT2D eigenvalue weighted by Gasteiger charge is -2.31. The van der Waals surface area contributed by atoms with Gasteiger partial charge in [0.05, 0.1) is 0 Å². The average molecular weight is 218 g/mol. The van der Waals surface area contributed by atoms with Gasteiger partial charge >= 0.3 is 0 Å². The van der Waals surface area contributed by atoms with E-state index in [0.717, 1.165) is 24.5 Å². The Morgan fingerprint density at radius 1 is 1.33 bits per heavy atom. The Balaban J connectivity index is 2.24. The molecule has 0 unspecified atom stereocenters. The number of anilines is 1. The van der Waals surface area contributed by atoms with E-state index in [0.29, 0.717) is 0 Å². The van der Waals surface area contributed by atoms with Crippen LogP contribution < -0.4 is 5.73 Å². The molecule has 2 heterocycles. The molecule has 0 radical (unpaired) electrons. The molecule has 0 fully saturated rings. The third-order valence-electron chi connectivity index (χ3n) is 2.98. The first kappa shape index (κ1) is 9.31. The fourth-order valence-electron chi connectivity index (χ4n) is 2.42. The van der Waals surface area contributed by atoms with Gasteiger partial charge in [0.25, 0.3) is 0 Å². The minimum Gasteiger partial charge on any atom is -0.399 e. The van der Waals surface area contributed by atoms with Crippen LogP contribution in [0.3, 0.4) is 0 Å². The van der Waals surface area contributed by atoms with E-state index in [1.807, 2.05) is 11.8 Å². The maximum Gasteiger partial charge on any atom is 0.0328 e. The predicted octanol–water partition coefficient (Wildman–Crippen LogP) is 2.20. The fourth-order valence-corrected chi connectivity index (χ4v) is 3.51. The van der Waals surface area contributed by atoms with E-state index in [1.54, 1.807) is 0 Å². The molecule has 0 saturated carbocycles.